The Bertz CT molecular complexity index is 1630. The molecule has 1 N–H and O–H groups in total. The molecule has 204 valence electrons. The van der Waals surface area contributed by atoms with Crippen molar-refractivity contribution in [1.29, 1.82) is 0 Å². The largest absolute Gasteiger partial charge is 0.497 e. The maximum absolute atomic E-state index is 11.5. The molecule has 2 unspecified atom stereocenters. The number of rotatable bonds is 8. The number of allylic oxidation sites excluding steroid dienone is 1. The molecule has 2 saturated carbocycles. The lowest BCUT2D eigenvalue weighted by Gasteiger charge is -2.15. The number of carbonyl (C=O) groups is 1. The van der Waals surface area contributed by atoms with Crippen molar-refractivity contribution in [3.05, 3.63) is 63.6 Å². The number of piperidine rings is 1. The number of hydrogen-bond donors (Lipinski definition) is 1. The topological polar surface area (TPSA) is 128 Å². The summed E-state index contributed by atoms with van der Waals surface area (Å²) in [6, 6.07) is 4.61. The highest BCUT2D eigenvalue weighted by Gasteiger charge is 2.55. The Morgan fingerprint density at radius 2 is 1.85 bits per heavy atom. The van der Waals surface area contributed by atoms with Gasteiger partial charge in [-0.2, -0.15) is 4.98 Å². The molecule has 40 heavy (non-hydrogen) atoms. The molecule has 2 aliphatic carbocycles. The Hall–Kier alpha value is -3.89. The number of benzene rings is 1. The van der Waals surface area contributed by atoms with Crippen molar-refractivity contribution < 1.29 is 23.7 Å². The number of aromatic nitrogens is 4. The first-order chi connectivity index (χ1) is 19.4. The zero-order valence-corrected chi connectivity index (χ0v) is 22.8. The number of carboxylic acids is 1. The minimum absolute atomic E-state index is 0.0837. The van der Waals surface area contributed by atoms with Gasteiger partial charge in [0.1, 0.15) is 17.2 Å². The molecule has 1 saturated heterocycles. The Balaban J connectivity index is 1.07. The number of halogens is 2. The number of nitrogens with zero attached hydrogens (tertiary/aromatic N) is 5. The molecule has 1 aromatic carbocycles. The molecule has 0 amide bonds. The van der Waals surface area contributed by atoms with E-state index in [9.17, 15) is 9.90 Å². The van der Waals surface area contributed by atoms with Gasteiger partial charge in [0.2, 0.25) is 0 Å². The van der Waals surface area contributed by atoms with E-state index in [0.717, 1.165) is 37.3 Å². The molecular formula is C28H23Cl2N5O5. The Labute approximate surface area is 238 Å². The number of ether oxygens (including phenoxy) is 1. The second-order valence-corrected chi connectivity index (χ2v) is 11.2. The van der Waals surface area contributed by atoms with Crippen molar-refractivity contribution in [2.75, 3.05) is 25.1 Å². The van der Waals surface area contributed by atoms with Crippen molar-refractivity contribution in [3.8, 4) is 28.5 Å². The van der Waals surface area contributed by atoms with Crippen LogP contribution in [0.4, 0.5) is 5.95 Å². The quantitative estimate of drug-likeness (QED) is 0.262. The van der Waals surface area contributed by atoms with Crippen molar-refractivity contribution in [2.45, 2.75) is 18.8 Å². The van der Waals surface area contributed by atoms with Crippen molar-refractivity contribution in [1.82, 2.24) is 20.3 Å². The minimum Gasteiger partial charge on any atom is -0.497 e. The number of aromatic carboxylic acids is 1. The molecule has 3 aromatic heterocycles. The third kappa shape index (κ3) is 4.41. The van der Waals surface area contributed by atoms with Crippen LogP contribution in [0.1, 0.15) is 40.4 Å². The fourth-order valence-electron chi connectivity index (χ4n) is 5.58. The van der Waals surface area contributed by atoms with Crippen LogP contribution < -0.4 is 9.64 Å². The summed E-state index contributed by atoms with van der Waals surface area (Å²) >= 11 is 12.9. The second-order valence-electron chi connectivity index (χ2n) is 10.4. The molecule has 0 radical (unpaired) electrons. The SMILES string of the molecule is COc1cc(C(=O)O)cc(-c2nc(N3CC4C(/C=C/c5c(-c6c(Cl)cncc6Cl)noc5C5CC5)C4C3)no2)c1. The smallest absolute Gasteiger partial charge is 0.335 e. The predicted molar refractivity (Wildman–Crippen MR) is 147 cm³/mol. The maximum atomic E-state index is 11.5. The fourth-order valence-corrected chi connectivity index (χ4v) is 6.13. The van der Waals surface area contributed by atoms with Gasteiger partial charge in [-0.25, -0.2) is 4.79 Å². The highest BCUT2D eigenvalue weighted by molar-refractivity contribution is 6.39. The third-order valence-electron chi connectivity index (χ3n) is 7.87. The number of carboxylic acid groups (broad SMARTS) is 1. The molecule has 7 rings (SSSR count). The summed E-state index contributed by atoms with van der Waals surface area (Å²) in [7, 11) is 1.48. The van der Waals surface area contributed by atoms with Crippen molar-refractivity contribution in [3.63, 3.8) is 0 Å². The van der Waals surface area contributed by atoms with Gasteiger partial charge in [-0.05, 0) is 54.0 Å². The highest BCUT2D eigenvalue weighted by Crippen LogP contribution is 2.54. The van der Waals surface area contributed by atoms with Gasteiger partial charge < -0.3 is 23.8 Å². The molecule has 3 aliphatic rings. The first-order valence-electron chi connectivity index (χ1n) is 12.9. The summed E-state index contributed by atoms with van der Waals surface area (Å²) in [5.41, 5.74) is 2.79. The maximum Gasteiger partial charge on any atom is 0.335 e. The summed E-state index contributed by atoms with van der Waals surface area (Å²) in [4.78, 5) is 22.2. The van der Waals surface area contributed by atoms with Gasteiger partial charge in [-0.15, -0.1) is 0 Å². The Morgan fingerprint density at radius 1 is 1.10 bits per heavy atom. The lowest BCUT2D eigenvalue weighted by molar-refractivity contribution is 0.0696. The van der Waals surface area contributed by atoms with Crippen LogP contribution >= 0.6 is 23.2 Å². The fraction of sp³-hybridized carbons (Fsp3) is 0.321. The van der Waals surface area contributed by atoms with Crippen LogP contribution in [0.5, 0.6) is 5.75 Å². The van der Waals surface area contributed by atoms with Crippen LogP contribution in [0.2, 0.25) is 10.0 Å². The van der Waals surface area contributed by atoms with Crippen LogP contribution in [-0.4, -0.2) is 51.6 Å². The van der Waals surface area contributed by atoms with E-state index in [2.05, 4.69) is 37.3 Å². The summed E-state index contributed by atoms with van der Waals surface area (Å²) in [6.45, 7) is 1.59. The van der Waals surface area contributed by atoms with E-state index in [1.54, 1.807) is 18.5 Å². The minimum atomic E-state index is -1.06. The number of pyridine rings is 1. The molecule has 12 heteroatoms. The molecule has 4 heterocycles. The van der Waals surface area contributed by atoms with Gasteiger partial charge in [0.25, 0.3) is 11.8 Å². The van der Waals surface area contributed by atoms with E-state index < -0.39 is 5.97 Å². The average Bonchev–Trinajstić information content (AvgIpc) is 3.68. The predicted octanol–water partition coefficient (Wildman–Crippen LogP) is 6.07. The van der Waals surface area contributed by atoms with Gasteiger partial charge in [0, 0.05) is 48.1 Å². The summed E-state index contributed by atoms with van der Waals surface area (Å²) in [5.74, 6) is 2.68. The van der Waals surface area contributed by atoms with Crippen molar-refractivity contribution >= 4 is 41.2 Å². The normalized spacial score (nSPS) is 21.7. The first kappa shape index (κ1) is 25.1. The summed E-state index contributed by atoms with van der Waals surface area (Å²) < 4.78 is 16.5. The number of hydrogen-bond acceptors (Lipinski definition) is 9. The number of fused-ring (bicyclic) bond motifs is 1. The zero-order chi connectivity index (χ0) is 27.5. The van der Waals surface area contributed by atoms with Gasteiger partial charge in [-0.3, -0.25) is 4.98 Å². The molecule has 3 fully saturated rings. The van der Waals surface area contributed by atoms with Gasteiger partial charge in [0.15, 0.2) is 0 Å². The van der Waals surface area contributed by atoms with Gasteiger partial charge in [0.05, 0.1) is 22.7 Å². The van der Waals surface area contributed by atoms with Gasteiger partial charge in [-0.1, -0.05) is 40.5 Å². The van der Waals surface area contributed by atoms with Gasteiger partial charge >= 0.3 is 5.97 Å². The molecule has 10 nitrogen and oxygen atoms in total. The second kappa shape index (κ2) is 9.64. The lowest BCUT2D eigenvalue weighted by Crippen LogP contribution is -2.24. The van der Waals surface area contributed by atoms with Crippen LogP contribution in [-0.2, 0) is 0 Å². The standard InChI is InChI=1S/C28H23Cl2N5O5/c1-38-16-7-14(6-15(8-16)27(36)37)26-32-28(34-40-26)35-11-19-17(20(19)12-35)4-5-18-24(33-39-25(18)13-2-3-13)23-21(29)9-31-10-22(23)30/h4-10,13,17,19-20H,2-3,11-12H2,1H3,(H,36,37)/b5-4+. The molecule has 2 atom stereocenters. The zero-order valence-electron chi connectivity index (χ0n) is 21.3. The van der Waals surface area contributed by atoms with Crippen LogP contribution in [0.25, 0.3) is 28.8 Å². The average molecular weight is 580 g/mol. The Kier molecular flexibility index (Phi) is 6.05. The van der Waals surface area contributed by atoms with Crippen LogP contribution in [0.15, 0.2) is 45.7 Å². The summed E-state index contributed by atoms with van der Waals surface area (Å²) in [5, 5.41) is 18.8. The monoisotopic (exact) mass is 579 g/mol. The first-order valence-corrected chi connectivity index (χ1v) is 13.7. The molecular weight excluding hydrogens is 557 g/mol. The third-order valence-corrected chi connectivity index (χ3v) is 8.45. The van der Waals surface area contributed by atoms with E-state index in [1.165, 1.54) is 19.2 Å². The number of methoxy groups -OCH3 is 1. The Morgan fingerprint density at radius 3 is 2.52 bits per heavy atom. The summed E-state index contributed by atoms with van der Waals surface area (Å²) in [6.07, 6.45) is 9.63. The molecule has 4 aromatic rings. The molecule has 0 bridgehead atoms. The van der Waals surface area contributed by atoms with Crippen molar-refractivity contribution in [2.24, 2.45) is 17.8 Å². The van der Waals surface area contributed by atoms with E-state index in [4.69, 9.17) is 37.0 Å². The molecule has 1 aliphatic heterocycles. The van der Waals surface area contributed by atoms with E-state index in [0.29, 0.717) is 62.2 Å². The number of anilines is 1. The van der Waals surface area contributed by atoms with Crippen LogP contribution in [0.3, 0.4) is 0 Å². The van der Waals surface area contributed by atoms with E-state index >= 15 is 0 Å². The van der Waals surface area contributed by atoms with E-state index in [1.807, 2.05) is 0 Å². The highest BCUT2D eigenvalue weighted by atomic mass is 35.5. The van der Waals surface area contributed by atoms with Crippen LogP contribution in [0, 0.1) is 17.8 Å². The van der Waals surface area contributed by atoms with E-state index in [-0.39, 0.29) is 11.5 Å². The lowest BCUT2D eigenvalue weighted by atomic mass is 10.0. The molecule has 0 spiro atoms.